The molecule has 0 aliphatic carbocycles. The molecule has 5 heteroatoms. The van der Waals surface area contributed by atoms with Crippen LogP contribution < -0.4 is 10.1 Å². The van der Waals surface area contributed by atoms with Crippen molar-refractivity contribution in [3.63, 3.8) is 0 Å². The summed E-state index contributed by atoms with van der Waals surface area (Å²) in [5.41, 5.74) is 1.56. The topological polar surface area (TPSA) is 74.5 Å². The van der Waals surface area contributed by atoms with Gasteiger partial charge in [0.25, 0.3) is 0 Å². The van der Waals surface area contributed by atoms with E-state index in [4.69, 9.17) is 19.8 Å². The maximum absolute atomic E-state index is 8.95. The molecule has 0 unspecified atom stereocenters. The number of ether oxygens (including phenoxy) is 2. The molecule has 0 bridgehead atoms. The van der Waals surface area contributed by atoms with Crippen molar-refractivity contribution in [1.29, 1.82) is 5.26 Å². The van der Waals surface area contributed by atoms with Crippen LogP contribution in [-0.2, 0) is 11.3 Å². The Hall–Kier alpha value is -1.61. The number of nitrogens with zero attached hydrogens (tertiary/aromatic N) is 1. The van der Waals surface area contributed by atoms with Crippen molar-refractivity contribution in [2.24, 2.45) is 0 Å². The molecule has 0 radical (unpaired) electrons. The van der Waals surface area contributed by atoms with Crippen LogP contribution in [0.5, 0.6) is 5.75 Å². The molecule has 2 N–H and O–H groups in total. The first-order chi connectivity index (χ1) is 8.81. The molecule has 0 atom stereocenters. The average Bonchev–Trinajstić information content (AvgIpc) is 2.42. The van der Waals surface area contributed by atoms with Crippen LogP contribution in [0.2, 0.25) is 0 Å². The average molecular weight is 250 g/mol. The molecule has 0 aliphatic heterocycles. The highest BCUT2D eigenvalue weighted by Gasteiger charge is 2.03. The van der Waals surface area contributed by atoms with E-state index in [1.807, 2.05) is 6.07 Å². The summed E-state index contributed by atoms with van der Waals surface area (Å²) in [4.78, 5) is 0. The highest BCUT2D eigenvalue weighted by Crippen LogP contribution is 2.18. The van der Waals surface area contributed by atoms with Gasteiger partial charge in [-0.05, 0) is 17.7 Å². The predicted molar refractivity (Wildman–Crippen MR) is 67.3 cm³/mol. The number of benzene rings is 1. The number of rotatable bonds is 8. The highest BCUT2D eigenvalue weighted by molar-refractivity contribution is 5.45. The van der Waals surface area contributed by atoms with Crippen LogP contribution >= 0.6 is 0 Å². The van der Waals surface area contributed by atoms with Crippen LogP contribution in [0, 0.1) is 11.3 Å². The Morgan fingerprint density at radius 3 is 2.89 bits per heavy atom. The first-order valence-corrected chi connectivity index (χ1v) is 5.78. The largest absolute Gasteiger partial charge is 0.495 e. The second kappa shape index (κ2) is 8.48. The fraction of sp³-hybridized carbons (Fsp3) is 0.462. The predicted octanol–water partition coefficient (Wildman–Crippen LogP) is 0.665. The second-order valence-corrected chi connectivity index (χ2v) is 3.66. The Kier molecular flexibility index (Phi) is 6.81. The van der Waals surface area contributed by atoms with Gasteiger partial charge >= 0.3 is 0 Å². The SMILES string of the molecule is COc1ccc(CNCCOCCO)cc1C#N. The summed E-state index contributed by atoms with van der Waals surface area (Å²) < 4.78 is 10.2. The van der Waals surface area contributed by atoms with Crippen LogP contribution in [0.3, 0.4) is 0 Å². The van der Waals surface area contributed by atoms with Gasteiger partial charge in [-0.2, -0.15) is 5.26 Å². The van der Waals surface area contributed by atoms with Crippen LogP contribution in [0.15, 0.2) is 18.2 Å². The molecule has 18 heavy (non-hydrogen) atoms. The van der Waals surface area contributed by atoms with Crippen molar-refractivity contribution in [3.05, 3.63) is 29.3 Å². The summed E-state index contributed by atoms with van der Waals surface area (Å²) in [6.07, 6.45) is 0. The zero-order chi connectivity index (χ0) is 13.2. The molecular formula is C13H18N2O3. The Bertz CT molecular complexity index is 402. The maximum atomic E-state index is 8.95. The summed E-state index contributed by atoms with van der Waals surface area (Å²) in [6, 6.07) is 7.61. The lowest BCUT2D eigenvalue weighted by Gasteiger charge is -2.07. The minimum atomic E-state index is 0.0456. The van der Waals surface area contributed by atoms with E-state index in [1.54, 1.807) is 19.2 Å². The van der Waals surface area contributed by atoms with Gasteiger partial charge in [-0.3, -0.25) is 0 Å². The summed E-state index contributed by atoms with van der Waals surface area (Å²) in [6.45, 7) is 2.34. The Morgan fingerprint density at radius 1 is 1.39 bits per heavy atom. The van der Waals surface area contributed by atoms with Crippen LogP contribution in [0.25, 0.3) is 0 Å². The summed E-state index contributed by atoms with van der Waals surface area (Å²) in [5, 5.41) is 20.7. The molecule has 0 fully saturated rings. The van der Waals surface area contributed by atoms with Crippen molar-refractivity contribution in [2.45, 2.75) is 6.54 Å². The number of aliphatic hydroxyl groups is 1. The highest BCUT2D eigenvalue weighted by atomic mass is 16.5. The lowest BCUT2D eigenvalue weighted by Crippen LogP contribution is -2.20. The van der Waals surface area contributed by atoms with Crippen molar-refractivity contribution >= 4 is 0 Å². The van der Waals surface area contributed by atoms with Gasteiger partial charge in [0.1, 0.15) is 11.8 Å². The van der Waals surface area contributed by atoms with Gasteiger partial charge in [-0.1, -0.05) is 6.07 Å². The molecule has 1 aromatic carbocycles. The number of hydrogen-bond donors (Lipinski definition) is 2. The molecule has 0 heterocycles. The molecule has 0 amide bonds. The van der Waals surface area contributed by atoms with Crippen LogP contribution in [0.1, 0.15) is 11.1 Å². The summed E-state index contributed by atoms with van der Waals surface area (Å²) >= 11 is 0. The third-order valence-electron chi connectivity index (χ3n) is 2.37. The molecule has 5 nitrogen and oxygen atoms in total. The molecular weight excluding hydrogens is 232 g/mol. The molecule has 0 saturated carbocycles. The second-order valence-electron chi connectivity index (χ2n) is 3.66. The van der Waals surface area contributed by atoms with Crippen molar-refractivity contribution in [2.75, 3.05) is 33.5 Å². The normalized spacial score (nSPS) is 10.1. The Morgan fingerprint density at radius 2 is 2.22 bits per heavy atom. The van der Waals surface area contributed by atoms with E-state index in [9.17, 15) is 0 Å². The van der Waals surface area contributed by atoms with E-state index in [2.05, 4.69) is 11.4 Å². The third kappa shape index (κ3) is 4.72. The van der Waals surface area contributed by atoms with Gasteiger partial charge in [-0.25, -0.2) is 0 Å². The maximum Gasteiger partial charge on any atom is 0.136 e. The first-order valence-electron chi connectivity index (χ1n) is 5.78. The molecule has 0 aliphatic rings. The van der Waals surface area contributed by atoms with Crippen LogP contribution in [0.4, 0.5) is 0 Å². The minimum Gasteiger partial charge on any atom is -0.495 e. The minimum absolute atomic E-state index is 0.0456. The summed E-state index contributed by atoms with van der Waals surface area (Å²) in [5.74, 6) is 0.590. The molecule has 1 rings (SSSR count). The van der Waals surface area contributed by atoms with E-state index in [1.165, 1.54) is 0 Å². The standard InChI is InChI=1S/C13H18N2O3/c1-17-13-3-2-11(8-12(13)9-14)10-15-4-6-18-7-5-16/h2-3,8,15-16H,4-7,10H2,1H3. The zero-order valence-electron chi connectivity index (χ0n) is 10.5. The van der Waals surface area contributed by atoms with Crippen LogP contribution in [-0.4, -0.2) is 38.6 Å². The molecule has 98 valence electrons. The lowest BCUT2D eigenvalue weighted by molar-refractivity contribution is 0.0938. The van der Waals surface area contributed by atoms with E-state index in [0.29, 0.717) is 37.6 Å². The van der Waals surface area contributed by atoms with Gasteiger partial charge in [0, 0.05) is 13.1 Å². The van der Waals surface area contributed by atoms with Crippen molar-refractivity contribution < 1.29 is 14.6 Å². The van der Waals surface area contributed by atoms with Crippen molar-refractivity contribution in [3.8, 4) is 11.8 Å². The monoisotopic (exact) mass is 250 g/mol. The zero-order valence-corrected chi connectivity index (χ0v) is 10.5. The smallest absolute Gasteiger partial charge is 0.136 e. The van der Waals surface area contributed by atoms with Gasteiger partial charge in [-0.15, -0.1) is 0 Å². The fourth-order valence-corrected chi connectivity index (χ4v) is 1.50. The van der Waals surface area contributed by atoms with E-state index < -0.39 is 0 Å². The van der Waals surface area contributed by atoms with Gasteiger partial charge in [0.15, 0.2) is 0 Å². The quantitative estimate of drug-likeness (QED) is 0.663. The summed E-state index contributed by atoms with van der Waals surface area (Å²) in [7, 11) is 1.55. The van der Waals surface area contributed by atoms with Gasteiger partial charge < -0.3 is 19.9 Å². The van der Waals surface area contributed by atoms with E-state index in [0.717, 1.165) is 5.56 Å². The number of nitriles is 1. The van der Waals surface area contributed by atoms with E-state index >= 15 is 0 Å². The molecule has 0 spiro atoms. The number of methoxy groups -OCH3 is 1. The number of nitrogens with one attached hydrogen (secondary N) is 1. The molecule has 0 aromatic heterocycles. The first kappa shape index (κ1) is 14.5. The Balaban J connectivity index is 2.37. The van der Waals surface area contributed by atoms with Gasteiger partial charge in [0.2, 0.25) is 0 Å². The molecule has 1 aromatic rings. The number of aliphatic hydroxyl groups excluding tert-OH is 1. The number of hydrogen-bond acceptors (Lipinski definition) is 5. The Labute approximate surface area is 107 Å². The van der Waals surface area contributed by atoms with E-state index in [-0.39, 0.29) is 6.61 Å². The third-order valence-corrected chi connectivity index (χ3v) is 2.37. The lowest BCUT2D eigenvalue weighted by atomic mass is 10.1. The van der Waals surface area contributed by atoms with Crippen molar-refractivity contribution in [1.82, 2.24) is 5.32 Å². The van der Waals surface area contributed by atoms with Gasteiger partial charge in [0.05, 0.1) is 32.5 Å². The molecule has 0 saturated heterocycles. The fourth-order valence-electron chi connectivity index (χ4n) is 1.50.